The van der Waals surface area contributed by atoms with Crippen LogP contribution in [0, 0.1) is 28.6 Å². The summed E-state index contributed by atoms with van der Waals surface area (Å²) in [6, 6.07) is 8.37. The van der Waals surface area contributed by atoms with E-state index in [-0.39, 0.29) is 12.3 Å². The van der Waals surface area contributed by atoms with E-state index in [4.69, 9.17) is 4.74 Å². The average molecular weight is 413 g/mol. The Morgan fingerprint density at radius 3 is 2.57 bits per heavy atom. The highest BCUT2D eigenvalue weighted by molar-refractivity contribution is 5.66. The molecule has 1 unspecified atom stereocenters. The van der Waals surface area contributed by atoms with Crippen molar-refractivity contribution in [1.29, 1.82) is 0 Å². The fourth-order valence-electron chi connectivity index (χ4n) is 6.67. The smallest absolute Gasteiger partial charge is 0.303 e. The minimum Gasteiger partial charge on any atom is -0.497 e. The van der Waals surface area contributed by atoms with Gasteiger partial charge in [-0.25, -0.2) is 0 Å². The number of carboxylic acids is 1. The number of fused-ring (bicyclic) bond motifs is 1. The van der Waals surface area contributed by atoms with Crippen LogP contribution in [0.1, 0.15) is 84.6 Å². The zero-order valence-electron chi connectivity index (χ0n) is 19.5. The monoisotopic (exact) mass is 412 g/mol. The maximum Gasteiger partial charge on any atom is 0.303 e. The topological polar surface area (TPSA) is 46.5 Å². The summed E-state index contributed by atoms with van der Waals surface area (Å²) in [5.41, 5.74) is 3.51. The predicted octanol–water partition coefficient (Wildman–Crippen LogP) is 7.21. The van der Waals surface area contributed by atoms with E-state index in [1.54, 1.807) is 12.7 Å². The lowest BCUT2D eigenvalue weighted by Gasteiger charge is -2.58. The second-order valence-electron chi connectivity index (χ2n) is 10.8. The minimum absolute atomic E-state index is 0.227. The second kappa shape index (κ2) is 9.16. The molecule has 1 aromatic rings. The third-order valence-corrected chi connectivity index (χ3v) is 8.18. The number of hydrogen-bond donors (Lipinski definition) is 1. The number of ether oxygens (including phenoxy) is 1. The molecule has 0 aliphatic heterocycles. The molecule has 1 aromatic carbocycles. The van der Waals surface area contributed by atoms with Gasteiger partial charge in [-0.3, -0.25) is 4.79 Å². The lowest BCUT2D eigenvalue weighted by molar-refractivity contribution is -0.138. The molecule has 4 atom stereocenters. The largest absolute Gasteiger partial charge is 0.497 e. The molecule has 2 aliphatic carbocycles. The maximum absolute atomic E-state index is 11.2. The van der Waals surface area contributed by atoms with E-state index in [0.29, 0.717) is 16.7 Å². The van der Waals surface area contributed by atoms with Crippen molar-refractivity contribution < 1.29 is 14.6 Å². The minimum atomic E-state index is -0.678. The molecular weight excluding hydrogens is 372 g/mol. The quantitative estimate of drug-likeness (QED) is 0.514. The molecule has 0 spiro atoms. The second-order valence-corrected chi connectivity index (χ2v) is 10.8. The highest BCUT2D eigenvalue weighted by Gasteiger charge is 2.52. The average Bonchev–Trinajstić information content (AvgIpc) is 2.66. The van der Waals surface area contributed by atoms with Crippen LogP contribution in [0.2, 0.25) is 0 Å². The Kier molecular flexibility index (Phi) is 6.99. The van der Waals surface area contributed by atoms with Gasteiger partial charge in [0.2, 0.25) is 0 Å². The van der Waals surface area contributed by atoms with Gasteiger partial charge in [-0.1, -0.05) is 57.9 Å². The van der Waals surface area contributed by atoms with Crippen molar-refractivity contribution >= 4 is 12.0 Å². The molecule has 2 fully saturated rings. The first-order chi connectivity index (χ1) is 14.2. The Labute approximate surface area is 182 Å². The van der Waals surface area contributed by atoms with Gasteiger partial charge in [0, 0.05) is 6.42 Å². The Morgan fingerprint density at radius 1 is 1.23 bits per heavy atom. The SMILES string of the molecule is COc1ccc(/C=C2\CC[C@H]3C(C)(C)CCC[C@]3(C)[C@H]2CCC(C)CC(=O)O)cc1. The van der Waals surface area contributed by atoms with Crippen molar-refractivity contribution in [2.45, 2.75) is 79.1 Å². The predicted molar refractivity (Wildman–Crippen MR) is 124 cm³/mol. The molecule has 0 radical (unpaired) electrons. The van der Waals surface area contributed by atoms with E-state index >= 15 is 0 Å². The summed E-state index contributed by atoms with van der Waals surface area (Å²) in [6.45, 7) is 9.56. The van der Waals surface area contributed by atoms with Gasteiger partial charge >= 0.3 is 5.97 Å². The number of rotatable bonds is 7. The van der Waals surface area contributed by atoms with Gasteiger partial charge in [-0.15, -0.1) is 0 Å². The molecule has 3 rings (SSSR count). The summed E-state index contributed by atoms with van der Waals surface area (Å²) in [5.74, 6) is 1.72. The van der Waals surface area contributed by atoms with E-state index in [1.807, 2.05) is 12.1 Å². The Hall–Kier alpha value is -1.77. The number of carbonyl (C=O) groups is 1. The van der Waals surface area contributed by atoms with Gasteiger partial charge < -0.3 is 9.84 Å². The molecular formula is C27H40O3. The number of hydrogen-bond acceptors (Lipinski definition) is 2. The van der Waals surface area contributed by atoms with Crippen molar-refractivity contribution in [3.8, 4) is 5.75 Å². The Morgan fingerprint density at radius 2 is 1.93 bits per heavy atom. The third kappa shape index (κ3) is 4.92. The third-order valence-electron chi connectivity index (χ3n) is 8.18. The molecule has 3 nitrogen and oxygen atoms in total. The standard InChI is InChI=1S/C27H40O3/c1-19(17-25(28)29)7-13-23-21(18-20-8-11-22(30-5)12-9-20)10-14-24-26(2,3)15-6-16-27(23,24)4/h8-9,11-12,18-19,23-24H,6-7,10,13-17H2,1-5H3,(H,28,29)/b21-18+/t19?,23-,24-,27+/m0/s1. The summed E-state index contributed by atoms with van der Waals surface area (Å²) in [5, 5.41) is 9.20. The van der Waals surface area contributed by atoms with Crippen LogP contribution in [0.4, 0.5) is 0 Å². The van der Waals surface area contributed by atoms with Gasteiger partial charge in [-0.05, 0) is 84.8 Å². The molecule has 0 bridgehead atoms. The van der Waals surface area contributed by atoms with Crippen LogP contribution in [0.25, 0.3) is 6.08 Å². The molecule has 166 valence electrons. The van der Waals surface area contributed by atoms with Crippen LogP contribution in [0.3, 0.4) is 0 Å². The summed E-state index contributed by atoms with van der Waals surface area (Å²) >= 11 is 0. The highest BCUT2D eigenvalue weighted by atomic mass is 16.5. The summed E-state index contributed by atoms with van der Waals surface area (Å²) < 4.78 is 5.32. The van der Waals surface area contributed by atoms with Gasteiger partial charge in [0.1, 0.15) is 5.75 Å². The molecule has 0 heterocycles. The van der Waals surface area contributed by atoms with Crippen molar-refractivity contribution in [3.05, 3.63) is 35.4 Å². The molecule has 2 saturated carbocycles. The van der Waals surface area contributed by atoms with E-state index in [0.717, 1.165) is 30.9 Å². The number of benzene rings is 1. The number of aliphatic carboxylic acids is 1. The highest BCUT2D eigenvalue weighted by Crippen LogP contribution is 2.62. The number of allylic oxidation sites excluding steroid dienone is 1. The number of methoxy groups -OCH3 is 1. The molecule has 0 aromatic heterocycles. The first kappa shape index (κ1) is 22.9. The van der Waals surface area contributed by atoms with E-state index in [1.165, 1.54) is 31.2 Å². The Bertz CT molecular complexity index is 761. The molecule has 2 aliphatic rings. The number of carboxylic acid groups (broad SMARTS) is 1. The normalized spacial score (nSPS) is 30.5. The van der Waals surface area contributed by atoms with Crippen LogP contribution in [-0.2, 0) is 4.79 Å². The molecule has 0 saturated heterocycles. The van der Waals surface area contributed by atoms with Crippen LogP contribution < -0.4 is 4.74 Å². The van der Waals surface area contributed by atoms with Gasteiger partial charge in [-0.2, -0.15) is 0 Å². The zero-order valence-corrected chi connectivity index (χ0v) is 19.5. The molecule has 0 amide bonds. The van der Waals surface area contributed by atoms with E-state index < -0.39 is 5.97 Å². The lowest BCUT2D eigenvalue weighted by Crippen LogP contribution is -2.49. The van der Waals surface area contributed by atoms with Crippen LogP contribution in [-0.4, -0.2) is 18.2 Å². The Balaban J connectivity index is 1.90. The van der Waals surface area contributed by atoms with Crippen molar-refractivity contribution in [2.75, 3.05) is 7.11 Å². The summed E-state index contributed by atoms with van der Waals surface area (Å²) in [7, 11) is 1.70. The first-order valence-electron chi connectivity index (χ1n) is 11.7. The molecule has 1 N–H and O–H groups in total. The van der Waals surface area contributed by atoms with Gasteiger partial charge in [0.15, 0.2) is 0 Å². The van der Waals surface area contributed by atoms with Crippen molar-refractivity contribution in [2.24, 2.45) is 28.6 Å². The van der Waals surface area contributed by atoms with Crippen LogP contribution in [0.15, 0.2) is 29.8 Å². The molecule has 30 heavy (non-hydrogen) atoms. The zero-order chi connectivity index (χ0) is 21.9. The summed E-state index contributed by atoms with van der Waals surface area (Å²) in [6.07, 6.45) is 11.1. The van der Waals surface area contributed by atoms with Crippen LogP contribution >= 0.6 is 0 Å². The fourth-order valence-corrected chi connectivity index (χ4v) is 6.67. The maximum atomic E-state index is 11.2. The first-order valence-corrected chi connectivity index (χ1v) is 11.7. The van der Waals surface area contributed by atoms with Gasteiger partial charge in [0.25, 0.3) is 0 Å². The fraction of sp³-hybridized carbons (Fsp3) is 0.667. The van der Waals surface area contributed by atoms with E-state index in [2.05, 4.69) is 45.9 Å². The van der Waals surface area contributed by atoms with Gasteiger partial charge in [0.05, 0.1) is 7.11 Å². The van der Waals surface area contributed by atoms with Crippen molar-refractivity contribution in [3.63, 3.8) is 0 Å². The lowest BCUT2D eigenvalue weighted by atomic mass is 9.47. The molecule has 3 heteroatoms. The summed E-state index contributed by atoms with van der Waals surface area (Å²) in [4.78, 5) is 11.2. The van der Waals surface area contributed by atoms with Crippen LogP contribution in [0.5, 0.6) is 5.75 Å². The van der Waals surface area contributed by atoms with Crippen molar-refractivity contribution in [1.82, 2.24) is 0 Å². The van der Waals surface area contributed by atoms with E-state index in [9.17, 15) is 9.90 Å².